The van der Waals surface area contributed by atoms with Gasteiger partial charge in [0.1, 0.15) is 11.5 Å². The number of aromatic nitrogens is 2. The van der Waals surface area contributed by atoms with Gasteiger partial charge in [-0.25, -0.2) is 9.97 Å². The molecule has 0 saturated carbocycles. The number of hydrogen-bond acceptors (Lipinski definition) is 4. The molecule has 0 amide bonds. The van der Waals surface area contributed by atoms with Crippen molar-refractivity contribution in [2.45, 2.75) is 12.8 Å². The molecule has 19 heavy (non-hydrogen) atoms. The number of alkyl halides is 1. The Bertz CT molecular complexity index is 565. The molecule has 100 valence electrons. The quantitative estimate of drug-likeness (QED) is 0.806. The number of aryl methyl sites for hydroxylation is 1. The Balaban J connectivity index is 2.54. The third-order valence-electron chi connectivity index (χ3n) is 2.65. The fraction of sp³-hybridized carbons (Fsp3) is 0.286. The molecule has 0 aliphatic rings. The molecule has 0 atom stereocenters. The lowest BCUT2D eigenvalue weighted by atomic mass is 10.1. The van der Waals surface area contributed by atoms with Gasteiger partial charge in [-0.15, -0.1) is 11.6 Å². The smallest absolute Gasteiger partial charge is 0.159 e. The van der Waals surface area contributed by atoms with Crippen LogP contribution < -0.4 is 9.47 Å². The van der Waals surface area contributed by atoms with Gasteiger partial charge in [-0.3, -0.25) is 0 Å². The van der Waals surface area contributed by atoms with Crippen LogP contribution in [0.4, 0.5) is 0 Å². The Morgan fingerprint density at radius 1 is 1.00 bits per heavy atom. The van der Waals surface area contributed by atoms with Crippen molar-refractivity contribution in [3.8, 4) is 22.9 Å². The molecule has 4 nitrogen and oxygen atoms in total. The highest BCUT2D eigenvalue weighted by Crippen LogP contribution is 2.28. The summed E-state index contributed by atoms with van der Waals surface area (Å²) in [4.78, 5) is 8.84. The third-order valence-corrected chi connectivity index (χ3v) is 2.93. The lowest BCUT2D eigenvalue weighted by Gasteiger charge is -2.09. The molecule has 0 aliphatic heterocycles. The highest BCUT2D eigenvalue weighted by atomic mass is 35.5. The fourth-order valence-corrected chi connectivity index (χ4v) is 1.90. The standard InChI is InChI=1S/C14H15ClN2O2/c1-9-4-11(8-15)17-14(16-9)10-5-12(18-2)7-13(6-10)19-3/h4-7H,8H2,1-3H3. The van der Waals surface area contributed by atoms with Gasteiger partial charge in [0.2, 0.25) is 0 Å². The molecule has 1 heterocycles. The molecule has 0 fully saturated rings. The molecule has 1 aromatic heterocycles. The van der Waals surface area contributed by atoms with Gasteiger partial charge in [-0.1, -0.05) is 0 Å². The summed E-state index contributed by atoms with van der Waals surface area (Å²) in [6, 6.07) is 7.42. The number of benzene rings is 1. The third kappa shape index (κ3) is 3.15. The summed E-state index contributed by atoms with van der Waals surface area (Å²) < 4.78 is 10.5. The van der Waals surface area contributed by atoms with Crippen LogP contribution in [0.5, 0.6) is 11.5 Å². The predicted molar refractivity (Wildman–Crippen MR) is 74.9 cm³/mol. The minimum absolute atomic E-state index is 0.359. The van der Waals surface area contributed by atoms with E-state index in [4.69, 9.17) is 21.1 Å². The van der Waals surface area contributed by atoms with Crippen molar-refractivity contribution in [2.75, 3.05) is 14.2 Å². The highest BCUT2D eigenvalue weighted by molar-refractivity contribution is 6.16. The molecule has 2 rings (SSSR count). The van der Waals surface area contributed by atoms with E-state index in [-0.39, 0.29) is 0 Å². The summed E-state index contributed by atoms with van der Waals surface area (Å²) in [5.74, 6) is 2.38. The summed E-state index contributed by atoms with van der Waals surface area (Å²) in [7, 11) is 3.22. The Morgan fingerprint density at radius 3 is 2.16 bits per heavy atom. The van der Waals surface area contributed by atoms with Crippen LogP contribution in [0.1, 0.15) is 11.4 Å². The van der Waals surface area contributed by atoms with Gasteiger partial charge in [-0.2, -0.15) is 0 Å². The number of ether oxygens (including phenoxy) is 2. The van der Waals surface area contributed by atoms with Crippen molar-refractivity contribution in [1.29, 1.82) is 0 Å². The van der Waals surface area contributed by atoms with E-state index in [0.29, 0.717) is 23.2 Å². The monoisotopic (exact) mass is 278 g/mol. The van der Waals surface area contributed by atoms with Crippen molar-refractivity contribution < 1.29 is 9.47 Å². The molecule has 0 spiro atoms. The molecule has 2 aromatic rings. The van der Waals surface area contributed by atoms with Gasteiger partial charge in [0, 0.05) is 17.3 Å². The maximum atomic E-state index is 5.84. The molecule has 5 heteroatoms. The average Bonchev–Trinajstić information content (AvgIpc) is 2.45. The van der Waals surface area contributed by atoms with E-state index in [1.54, 1.807) is 14.2 Å². The van der Waals surface area contributed by atoms with Crippen molar-refractivity contribution in [3.05, 3.63) is 35.7 Å². The van der Waals surface area contributed by atoms with E-state index in [1.807, 2.05) is 31.2 Å². The summed E-state index contributed by atoms with van der Waals surface area (Å²) in [5, 5.41) is 0. The van der Waals surface area contributed by atoms with Gasteiger partial charge >= 0.3 is 0 Å². The van der Waals surface area contributed by atoms with E-state index in [2.05, 4.69) is 9.97 Å². The molecule has 0 saturated heterocycles. The van der Waals surface area contributed by atoms with Crippen LogP contribution in [0.2, 0.25) is 0 Å². The number of methoxy groups -OCH3 is 2. The Hall–Kier alpha value is -1.81. The molecular formula is C14H15ClN2O2. The second kappa shape index (κ2) is 5.89. The zero-order valence-corrected chi connectivity index (χ0v) is 11.9. The van der Waals surface area contributed by atoms with Crippen LogP contribution in [0, 0.1) is 6.92 Å². The van der Waals surface area contributed by atoms with Crippen LogP contribution in [0.3, 0.4) is 0 Å². The van der Waals surface area contributed by atoms with Gasteiger partial charge in [-0.05, 0) is 25.1 Å². The number of rotatable bonds is 4. The van der Waals surface area contributed by atoms with Crippen LogP contribution in [-0.2, 0) is 5.88 Å². The molecule has 0 radical (unpaired) electrons. The molecule has 0 aliphatic carbocycles. The Labute approximate surface area is 117 Å². The largest absolute Gasteiger partial charge is 0.497 e. The Kier molecular flexibility index (Phi) is 4.22. The van der Waals surface area contributed by atoms with E-state index in [1.165, 1.54) is 0 Å². The molecule has 0 bridgehead atoms. The minimum atomic E-state index is 0.359. The second-order valence-electron chi connectivity index (χ2n) is 4.06. The van der Waals surface area contributed by atoms with Crippen LogP contribution in [0.15, 0.2) is 24.3 Å². The van der Waals surface area contributed by atoms with Crippen molar-refractivity contribution in [2.24, 2.45) is 0 Å². The van der Waals surface area contributed by atoms with Gasteiger partial charge in [0.15, 0.2) is 5.82 Å². The van der Waals surface area contributed by atoms with Crippen LogP contribution >= 0.6 is 11.6 Å². The van der Waals surface area contributed by atoms with Crippen molar-refractivity contribution in [1.82, 2.24) is 9.97 Å². The summed E-state index contributed by atoms with van der Waals surface area (Å²) >= 11 is 5.84. The van der Waals surface area contributed by atoms with E-state index >= 15 is 0 Å². The first-order chi connectivity index (χ1) is 9.16. The van der Waals surface area contributed by atoms with Crippen molar-refractivity contribution >= 4 is 11.6 Å². The maximum Gasteiger partial charge on any atom is 0.159 e. The average molecular weight is 279 g/mol. The summed E-state index contributed by atoms with van der Waals surface area (Å²) in [6.07, 6.45) is 0. The zero-order chi connectivity index (χ0) is 13.8. The number of hydrogen-bond donors (Lipinski definition) is 0. The first kappa shape index (κ1) is 13.6. The Morgan fingerprint density at radius 2 is 1.63 bits per heavy atom. The van der Waals surface area contributed by atoms with Crippen molar-refractivity contribution in [3.63, 3.8) is 0 Å². The van der Waals surface area contributed by atoms with Crippen LogP contribution in [-0.4, -0.2) is 24.2 Å². The number of nitrogens with zero attached hydrogens (tertiary/aromatic N) is 2. The lowest BCUT2D eigenvalue weighted by Crippen LogP contribution is -1.97. The predicted octanol–water partition coefficient (Wildman–Crippen LogP) is 3.21. The maximum absolute atomic E-state index is 5.84. The van der Waals surface area contributed by atoms with Gasteiger partial charge in [0.05, 0.1) is 25.8 Å². The highest BCUT2D eigenvalue weighted by Gasteiger charge is 2.08. The minimum Gasteiger partial charge on any atom is -0.497 e. The van der Waals surface area contributed by atoms with Gasteiger partial charge in [0.25, 0.3) is 0 Å². The molecular weight excluding hydrogens is 264 g/mol. The number of halogens is 1. The summed E-state index contributed by atoms with van der Waals surface area (Å²) in [5.41, 5.74) is 2.51. The second-order valence-corrected chi connectivity index (χ2v) is 4.33. The molecule has 1 aromatic carbocycles. The fourth-order valence-electron chi connectivity index (χ4n) is 1.77. The van der Waals surface area contributed by atoms with E-state index in [0.717, 1.165) is 17.0 Å². The normalized spacial score (nSPS) is 10.3. The summed E-state index contributed by atoms with van der Waals surface area (Å²) in [6.45, 7) is 1.92. The molecule has 0 unspecified atom stereocenters. The SMILES string of the molecule is COc1cc(OC)cc(-c2nc(C)cc(CCl)n2)c1. The first-order valence-corrected chi connectivity index (χ1v) is 6.33. The molecule has 0 N–H and O–H groups in total. The zero-order valence-electron chi connectivity index (χ0n) is 11.1. The van der Waals surface area contributed by atoms with E-state index < -0.39 is 0 Å². The first-order valence-electron chi connectivity index (χ1n) is 5.80. The van der Waals surface area contributed by atoms with Crippen LogP contribution in [0.25, 0.3) is 11.4 Å². The topological polar surface area (TPSA) is 44.2 Å². The van der Waals surface area contributed by atoms with Gasteiger partial charge < -0.3 is 9.47 Å². The van der Waals surface area contributed by atoms with E-state index in [9.17, 15) is 0 Å². The lowest BCUT2D eigenvalue weighted by molar-refractivity contribution is 0.394.